The third kappa shape index (κ3) is 13.4. The van der Waals surface area contributed by atoms with Gasteiger partial charge in [0.15, 0.2) is 8.03 Å². The maximum Gasteiger partial charge on any atom is 0.189 e. The van der Waals surface area contributed by atoms with E-state index in [1.54, 1.807) is 0 Å². The Hall–Kier alpha value is 0.440. The molecule has 0 saturated heterocycles. The van der Waals surface area contributed by atoms with Crippen LogP contribution in [0.2, 0.25) is 0 Å². The Labute approximate surface area is 75.3 Å². The first-order chi connectivity index (χ1) is 4.42. The van der Waals surface area contributed by atoms with E-state index in [4.69, 9.17) is 4.89 Å². The SMILES string of the molecule is C[N+](C)(C)CCC[PH](=O)O.[Cl-]. The van der Waals surface area contributed by atoms with Crippen molar-refractivity contribution >= 4 is 8.03 Å². The van der Waals surface area contributed by atoms with Crippen LogP contribution in [0.3, 0.4) is 0 Å². The molecule has 0 amide bonds. The van der Waals surface area contributed by atoms with E-state index < -0.39 is 8.03 Å². The van der Waals surface area contributed by atoms with Crippen molar-refractivity contribution in [2.75, 3.05) is 33.8 Å². The van der Waals surface area contributed by atoms with Gasteiger partial charge in [0.05, 0.1) is 27.7 Å². The Balaban J connectivity index is 0. The summed E-state index contributed by atoms with van der Waals surface area (Å²) in [7, 11) is 4.02. The van der Waals surface area contributed by atoms with Gasteiger partial charge in [-0.15, -0.1) is 0 Å². The molecule has 1 atom stereocenters. The highest BCUT2D eigenvalue weighted by atomic mass is 35.5. The summed E-state index contributed by atoms with van der Waals surface area (Å²) in [4.78, 5) is 8.49. The second kappa shape index (κ2) is 6.01. The Morgan fingerprint density at radius 3 is 2.09 bits per heavy atom. The highest BCUT2D eigenvalue weighted by Crippen LogP contribution is 2.14. The number of hydrogen-bond acceptors (Lipinski definition) is 1. The molecule has 0 bridgehead atoms. The lowest BCUT2D eigenvalue weighted by Gasteiger charge is -2.23. The third-order valence-corrected chi connectivity index (χ3v) is 2.00. The van der Waals surface area contributed by atoms with Crippen LogP contribution in [0.5, 0.6) is 0 Å². The molecule has 5 heteroatoms. The van der Waals surface area contributed by atoms with Crippen molar-refractivity contribution in [2.24, 2.45) is 0 Å². The Kier molecular flexibility index (Phi) is 7.65. The predicted octanol–water partition coefficient (Wildman–Crippen LogP) is -2.45. The lowest BCUT2D eigenvalue weighted by molar-refractivity contribution is -0.870. The lowest BCUT2D eigenvalue weighted by Crippen LogP contribution is -3.00. The van der Waals surface area contributed by atoms with Gasteiger partial charge in [-0.3, -0.25) is 4.57 Å². The first-order valence-corrected chi connectivity index (χ1v) is 5.00. The fourth-order valence-corrected chi connectivity index (χ4v) is 1.17. The quantitative estimate of drug-likeness (QED) is 0.405. The van der Waals surface area contributed by atoms with E-state index in [2.05, 4.69) is 21.1 Å². The topological polar surface area (TPSA) is 37.3 Å². The number of hydrogen-bond donors (Lipinski definition) is 1. The molecule has 70 valence electrons. The van der Waals surface area contributed by atoms with Crippen LogP contribution in [0.4, 0.5) is 0 Å². The largest absolute Gasteiger partial charge is 1.00 e. The minimum Gasteiger partial charge on any atom is -1.00 e. The highest BCUT2D eigenvalue weighted by Gasteiger charge is 2.06. The van der Waals surface area contributed by atoms with Crippen molar-refractivity contribution in [3.05, 3.63) is 0 Å². The van der Waals surface area contributed by atoms with Gasteiger partial charge in [0, 0.05) is 12.6 Å². The highest BCUT2D eigenvalue weighted by molar-refractivity contribution is 7.37. The van der Waals surface area contributed by atoms with E-state index in [0.29, 0.717) is 6.16 Å². The van der Waals surface area contributed by atoms with Gasteiger partial charge in [0.2, 0.25) is 0 Å². The summed E-state index contributed by atoms with van der Waals surface area (Å²) in [6.07, 6.45) is 1.32. The minimum atomic E-state index is -2.22. The van der Waals surface area contributed by atoms with E-state index in [0.717, 1.165) is 17.4 Å². The molecule has 0 spiro atoms. The smallest absolute Gasteiger partial charge is 0.189 e. The summed E-state index contributed by atoms with van der Waals surface area (Å²) in [5.74, 6) is 0. The molecular formula is C6H17ClNO2P. The van der Waals surface area contributed by atoms with Crippen LogP contribution in [0.1, 0.15) is 6.42 Å². The lowest BCUT2D eigenvalue weighted by atomic mass is 10.4. The zero-order valence-corrected chi connectivity index (χ0v) is 9.06. The van der Waals surface area contributed by atoms with Crippen LogP contribution >= 0.6 is 8.03 Å². The number of nitrogens with zero attached hydrogens (tertiary/aromatic N) is 1. The number of quaternary nitrogens is 1. The molecule has 0 heterocycles. The third-order valence-electron chi connectivity index (χ3n) is 1.22. The summed E-state index contributed by atoms with van der Waals surface area (Å²) < 4.78 is 11.1. The van der Waals surface area contributed by atoms with Crippen molar-refractivity contribution < 1.29 is 26.3 Å². The van der Waals surface area contributed by atoms with E-state index in [9.17, 15) is 4.57 Å². The van der Waals surface area contributed by atoms with Crippen LogP contribution in [-0.4, -0.2) is 43.2 Å². The average molecular weight is 202 g/mol. The maximum atomic E-state index is 10.3. The molecule has 0 aromatic heterocycles. The zero-order valence-electron chi connectivity index (χ0n) is 7.30. The van der Waals surface area contributed by atoms with Gasteiger partial charge in [-0.1, -0.05) is 0 Å². The molecule has 0 fully saturated rings. The Morgan fingerprint density at radius 2 is 1.82 bits per heavy atom. The number of halogens is 1. The summed E-state index contributed by atoms with van der Waals surface area (Å²) in [5.41, 5.74) is 0. The Bertz CT molecular complexity index is 124. The van der Waals surface area contributed by atoms with Crippen molar-refractivity contribution in [2.45, 2.75) is 6.42 Å². The zero-order chi connectivity index (χ0) is 8.20. The van der Waals surface area contributed by atoms with E-state index in [1.165, 1.54) is 0 Å². The summed E-state index contributed by atoms with van der Waals surface area (Å²) in [6, 6.07) is 0. The van der Waals surface area contributed by atoms with Gasteiger partial charge in [-0.2, -0.15) is 0 Å². The van der Waals surface area contributed by atoms with Gasteiger partial charge in [-0.05, 0) is 0 Å². The van der Waals surface area contributed by atoms with E-state index in [-0.39, 0.29) is 12.4 Å². The van der Waals surface area contributed by atoms with Crippen LogP contribution in [0.25, 0.3) is 0 Å². The standard InChI is InChI=1S/C6H16NO2P.ClH/c1-7(2,3)5-4-6-10(8)9;/h10H,4-6H2,1-3H3;1H. The Morgan fingerprint density at radius 1 is 1.36 bits per heavy atom. The molecule has 1 unspecified atom stereocenters. The summed E-state index contributed by atoms with van der Waals surface area (Å²) in [6.45, 7) is 0.969. The molecule has 0 rings (SSSR count). The number of rotatable bonds is 4. The second-order valence-corrected chi connectivity index (χ2v) is 4.80. The van der Waals surface area contributed by atoms with Crippen molar-refractivity contribution in [3.63, 3.8) is 0 Å². The van der Waals surface area contributed by atoms with Gasteiger partial charge >= 0.3 is 0 Å². The molecule has 0 aromatic rings. The summed E-state index contributed by atoms with van der Waals surface area (Å²) in [5, 5.41) is 0. The molecule has 0 saturated carbocycles. The molecule has 11 heavy (non-hydrogen) atoms. The van der Waals surface area contributed by atoms with E-state index >= 15 is 0 Å². The van der Waals surface area contributed by atoms with Crippen molar-refractivity contribution in [3.8, 4) is 0 Å². The fraction of sp³-hybridized carbons (Fsp3) is 1.00. The minimum absolute atomic E-state index is 0. The normalized spacial score (nSPS) is 13.8. The van der Waals surface area contributed by atoms with Crippen molar-refractivity contribution in [1.29, 1.82) is 0 Å². The van der Waals surface area contributed by atoms with Gasteiger partial charge in [0.25, 0.3) is 0 Å². The van der Waals surface area contributed by atoms with Crippen molar-refractivity contribution in [1.82, 2.24) is 0 Å². The molecule has 0 aliphatic carbocycles. The maximum absolute atomic E-state index is 10.3. The first-order valence-electron chi connectivity index (χ1n) is 3.44. The first kappa shape index (κ1) is 14.0. The molecule has 0 radical (unpaired) electrons. The van der Waals surface area contributed by atoms with Gasteiger partial charge < -0.3 is 21.8 Å². The molecule has 0 aromatic carbocycles. The van der Waals surface area contributed by atoms with Crippen LogP contribution < -0.4 is 12.4 Å². The van der Waals surface area contributed by atoms with Gasteiger partial charge in [-0.25, -0.2) is 0 Å². The molecule has 0 aliphatic heterocycles. The average Bonchev–Trinajstić information content (AvgIpc) is 1.59. The van der Waals surface area contributed by atoms with Crippen LogP contribution in [0.15, 0.2) is 0 Å². The second-order valence-electron chi connectivity index (χ2n) is 3.51. The fourth-order valence-electron chi connectivity index (χ4n) is 0.705. The molecule has 0 aliphatic rings. The van der Waals surface area contributed by atoms with Gasteiger partial charge in [0.1, 0.15) is 0 Å². The monoisotopic (exact) mass is 201 g/mol. The predicted molar refractivity (Wildman–Crippen MR) is 43.6 cm³/mol. The molecular weight excluding hydrogens is 184 g/mol. The summed E-state index contributed by atoms with van der Waals surface area (Å²) >= 11 is 0. The van der Waals surface area contributed by atoms with E-state index in [1.807, 2.05) is 0 Å². The van der Waals surface area contributed by atoms with Crippen LogP contribution in [0, 0.1) is 0 Å². The molecule has 3 nitrogen and oxygen atoms in total. The van der Waals surface area contributed by atoms with Crippen LogP contribution in [-0.2, 0) is 4.57 Å². The molecule has 1 N–H and O–H groups in total.